The molecule has 0 aromatic heterocycles. The van der Waals surface area contributed by atoms with Crippen LogP contribution in [-0.2, 0) is 4.79 Å². The van der Waals surface area contributed by atoms with Crippen LogP contribution in [0.4, 0.5) is 11.4 Å². The minimum atomic E-state index is 0.0254. The Morgan fingerprint density at radius 3 is 1.81 bits per heavy atom. The zero-order chi connectivity index (χ0) is 19.2. The number of ketones is 1. The summed E-state index contributed by atoms with van der Waals surface area (Å²) in [5.74, 6) is 0.0254. The molecule has 1 aliphatic rings. The summed E-state index contributed by atoms with van der Waals surface area (Å²) in [5.41, 5.74) is 5.89. The van der Waals surface area contributed by atoms with Gasteiger partial charge in [-0.05, 0) is 72.6 Å². The lowest BCUT2D eigenvalue weighted by molar-refractivity contribution is -0.112. The van der Waals surface area contributed by atoms with Gasteiger partial charge in [0.15, 0.2) is 5.78 Å². The molecule has 2 aromatic rings. The van der Waals surface area contributed by atoms with Crippen molar-refractivity contribution in [2.24, 2.45) is 9.98 Å². The van der Waals surface area contributed by atoms with E-state index in [0.29, 0.717) is 12.0 Å². The highest BCUT2D eigenvalue weighted by Crippen LogP contribution is 2.29. The van der Waals surface area contributed by atoms with Crippen LogP contribution < -0.4 is 0 Å². The minimum absolute atomic E-state index is 0.0254. The maximum atomic E-state index is 13.0. The van der Waals surface area contributed by atoms with Gasteiger partial charge >= 0.3 is 0 Å². The van der Waals surface area contributed by atoms with Gasteiger partial charge < -0.3 is 0 Å². The highest BCUT2D eigenvalue weighted by molar-refractivity contribution is 6.16. The van der Waals surface area contributed by atoms with Crippen LogP contribution in [0.5, 0.6) is 0 Å². The molecule has 0 saturated carbocycles. The maximum absolute atomic E-state index is 13.0. The molecule has 0 heterocycles. The van der Waals surface area contributed by atoms with Crippen LogP contribution in [0, 0.1) is 0 Å². The second kappa shape index (κ2) is 8.19. The van der Waals surface area contributed by atoms with Crippen molar-refractivity contribution in [1.82, 2.24) is 0 Å². The van der Waals surface area contributed by atoms with E-state index in [4.69, 9.17) is 0 Å². The highest BCUT2D eigenvalue weighted by Gasteiger charge is 2.20. The number of allylic oxidation sites excluding steroid dienone is 5. The van der Waals surface area contributed by atoms with E-state index in [0.717, 1.165) is 33.6 Å². The van der Waals surface area contributed by atoms with Crippen molar-refractivity contribution in [1.29, 1.82) is 0 Å². The summed E-state index contributed by atoms with van der Waals surface area (Å²) in [6.45, 7) is 10.9. The second-order valence-corrected chi connectivity index (χ2v) is 6.20. The minimum Gasteiger partial charge on any atom is -0.289 e. The molecular formula is C24H20N2O. The molecule has 0 amide bonds. The standard InChI is InChI=1S/C24H20N2O/c1-4-17-13-20(15-18-5-9-22(25-2)10-6-18)24(27)21(14-17)16-19-7-11-23(26-3)12-8-19/h4-13,15-16H,1-3,14H2/b20-15+,21-16-. The fraction of sp³-hybridized carbons (Fsp3) is 0.0417. The van der Waals surface area contributed by atoms with Crippen LogP contribution in [0.3, 0.4) is 0 Å². The summed E-state index contributed by atoms with van der Waals surface area (Å²) >= 11 is 0. The summed E-state index contributed by atoms with van der Waals surface area (Å²) in [4.78, 5) is 20.7. The quantitative estimate of drug-likeness (QED) is 0.488. The van der Waals surface area contributed by atoms with Gasteiger partial charge in [-0.25, -0.2) is 0 Å². The van der Waals surface area contributed by atoms with Gasteiger partial charge in [0.25, 0.3) is 0 Å². The number of hydrogen-bond donors (Lipinski definition) is 0. The second-order valence-electron chi connectivity index (χ2n) is 6.20. The summed E-state index contributed by atoms with van der Waals surface area (Å²) in [6.07, 6.45) is 8.07. The van der Waals surface area contributed by atoms with E-state index in [9.17, 15) is 4.79 Å². The third-order valence-electron chi connectivity index (χ3n) is 4.37. The Kier molecular flexibility index (Phi) is 5.53. The van der Waals surface area contributed by atoms with Crippen molar-refractivity contribution in [3.8, 4) is 0 Å². The number of hydrogen-bond acceptors (Lipinski definition) is 3. The molecule has 27 heavy (non-hydrogen) atoms. The van der Waals surface area contributed by atoms with Gasteiger partial charge in [0.1, 0.15) is 0 Å². The molecule has 3 rings (SSSR count). The molecule has 0 saturated heterocycles. The first kappa shape index (κ1) is 18.2. The predicted octanol–water partition coefficient (Wildman–Crippen LogP) is 5.90. The van der Waals surface area contributed by atoms with Crippen molar-refractivity contribution in [3.63, 3.8) is 0 Å². The molecule has 3 nitrogen and oxygen atoms in total. The smallest absolute Gasteiger partial charge is 0.189 e. The number of rotatable bonds is 5. The monoisotopic (exact) mass is 352 g/mol. The zero-order valence-electron chi connectivity index (χ0n) is 15.1. The highest BCUT2D eigenvalue weighted by atomic mass is 16.1. The molecule has 0 aliphatic heterocycles. The normalized spacial score (nSPS) is 16.9. The lowest BCUT2D eigenvalue weighted by Crippen LogP contribution is -2.11. The van der Waals surface area contributed by atoms with Crippen LogP contribution in [0.1, 0.15) is 17.5 Å². The molecule has 1 aliphatic carbocycles. The van der Waals surface area contributed by atoms with Gasteiger partial charge in [0, 0.05) is 17.6 Å². The van der Waals surface area contributed by atoms with E-state index in [2.05, 4.69) is 30.0 Å². The fourth-order valence-corrected chi connectivity index (χ4v) is 2.89. The predicted molar refractivity (Wildman–Crippen MR) is 115 cm³/mol. The molecule has 2 aromatic carbocycles. The van der Waals surface area contributed by atoms with Crippen molar-refractivity contribution in [3.05, 3.63) is 95.1 Å². The van der Waals surface area contributed by atoms with E-state index in [1.165, 1.54) is 0 Å². The van der Waals surface area contributed by atoms with Crippen molar-refractivity contribution < 1.29 is 4.79 Å². The van der Waals surface area contributed by atoms with Crippen LogP contribution in [0.2, 0.25) is 0 Å². The molecule has 0 radical (unpaired) electrons. The summed E-state index contributed by atoms with van der Waals surface area (Å²) < 4.78 is 0. The van der Waals surface area contributed by atoms with Gasteiger partial charge in [-0.2, -0.15) is 0 Å². The van der Waals surface area contributed by atoms with Crippen LogP contribution >= 0.6 is 0 Å². The first-order chi connectivity index (χ1) is 13.1. The topological polar surface area (TPSA) is 41.8 Å². The number of aliphatic imine (C=N–C) groups is 2. The van der Waals surface area contributed by atoms with Crippen molar-refractivity contribution in [2.45, 2.75) is 6.42 Å². The third-order valence-corrected chi connectivity index (χ3v) is 4.37. The van der Waals surface area contributed by atoms with Crippen LogP contribution in [0.25, 0.3) is 12.2 Å². The first-order valence-electron chi connectivity index (χ1n) is 8.56. The van der Waals surface area contributed by atoms with Gasteiger partial charge in [-0.15, -0.1) is 0 Å². The Balaban J connectivity index is 1.96. The van der Waals surface area contributed by atoms with Gasteiger partial charge in [-0.3, -0.25) is 14.8 Å². The molecule has 0 unspecified atom stereocenters. The summed E-state index contributed by atoms with van der Waals surface area (Å²) in [5, 5.41) is 0. The van der Waals surface area contributed by atoms with E-state index < -0.39 is 0 Å². The molecule has 132 valence electrons. The molecule has 0 bridgehead atoms. The van der Waals surface area contributed by atoms with Crippen molar-refractivity contribution in [2.75, 3.05) is 0 Å². The Bertz CT molecular complexity index is 988. The number of nitrogens with zero attached hydrogens (tertiary/aromatic N) is 2. The molecule has 0 fully saturated rings. The van der Waals surface area contributed by atoms with E-state index in [1.54, 1.807) is 6.08 Å². The Morgan fingerprint density at radius 1 is 0.815 bits per heavy atom. The molecule has 0 N–H and O–H groups in total. The van der Waals surface area contributed by atoms with Gasteiger partial charge in [0.2, 0.25) is 0 Å². The average Bonchev–Trinajstić information content (AvgIpc) is 2.72. The number of carbonyl (C=O) groups is 1. The van der Waals surface area contributed by atoms with Gasteiger partial charge in [-0.1, -0.05) is 36.9 Å². The molecular weight excluding hydrogens is 332 g/mol. The average molecular weight is 352 g/mol. The van der Waals surface area contributed by atoms with E-state index >= 15 is 0 Å². The largest absolute Gasteiger partial charge is 0.289 e. The van der Waals surface area contributed by atoms with Gasteiger partial charge in [0.05, 0.1) is 11.4 Å². The number of carbonyl (C=O) groups excluding carboxylic acids is 1. The molecule has 3 heteroatoms. The Labute approximate surface area is 159 Å². The Hall–Kier alpha value is -3.59. The number of Topliss-reactive ketones (excluding diaryl/α,β-unsaturated/α-hetero) is 1. The number of benzene rings is 2. The summed E-state index contributed by atoms with van der Waals surface area (Å²) in [6, 6.07) is 15.2. The third kappa shape index (κ3) is 4.33. The first-order valence-corrected chi connectivity index (χ1v) is 8.56. The maximum Gasteiger partial charge on any atom is 0.189 e. The zero-order valence-corrected chi connectivity index (χ0v) is 15.1. The summed E-state index contributed by atoms with van der Waals surface area (Å²) in [7, 11) is 0. The van der Waals surface area contributed by atoms with Crippen molar-refractivity contribution >= 4 is 42.7 Å². The lowest BCUT2D eigenvalue weighted by atomic mass is 9.87. The SMILES string of the molecule is C=CC1=C/C(=C\c2ccc(N=C)cc2)C(=O)/C(=C\c2ccc(N=C)cc2)C1. The van der Waals surface area contributed by atoms with E-state index in [-0.39, 0.29) is 5.78 Å². The van der Waals surface area contributed by atoms with Crippen LogP contribution in [-0.4, -0.2) is 19.2 Å². The molecule has 0 spiro atoms. The molecule has 0 atom stereocenters. The Morgan fingerprint density at radius 2 is 1.33 bits per heavy atom. The van der Waals surface area contributed by atoms with E-state index in [1.807, 2.05) is 66.8 Å². The lowest BCUT2D eigenvalue weighted by Gasteiger charge is -2.16. The van der Waals surface area contributed by atoms with Crippen LogP contribution in [0.15, 0.2) is 94.0 Å². The fourth-order valence-electron chi connectivity index (χ4n) is 2.89.